The summed E-state index contributed by atoms with van der Waals surface area (Å²) in [6.45, 7) is 0. The highest BCUT2D eigenvalue weighted by molar-refractivity contribution is 5.96. The third-order valence-corrected chi connectivity index (χ3v) is 2.09. The number of rotatable bonds is 5. The molecule has 1 amide bonds. The fourth-order valence-electron chi connectivity index (χ4n) is 1.19. The van der Waals surface area contributed by atoms with Crippen LogP contribution in [0.4, 0.5) is 5.69 Å². The lowest BCUT2D eigenvalue weighted by atomic mass is 10.2. The number of nitrogens with one attached hydrogen (secondary N) is 1. The lowest BCUT2D eigenvalue weighted by molar-refractivity contribution is -0.138. The molecule has 1 aromatic carbocycles. The molecule has 1 rings (SSSR count). The second-order valence-corrected chi connectivity index (χ2v) is 3.42. The van der Waals surface area contributed by atoms with E-state index in [4.69, 9.17) is 15.6 Å². The van der Waals surface area contributed by atoms with E-state index in [1.165, 1.54) is 7.11 Å². The van der Waals surface area contributed by atoms with E-state index in [0.717, 1.165) is 0 Å². The molecule has 6 nitrogen and oxygen atoms in total. The largest absolute Gasteiger partial charge is 0.497 e. The number of nitrogens with two attached hydrogens (primary N) is 1. The van der Waals surface area contributed by atoms with Gasteiger partial charge >= 0.3 is 5.97 Å². The van der Waals surface area contributed by atoms with Crippen molar-refractivity contribution >= 4 is 17.6 Å². The van der Waals surface area contributed by atoms with E-state index >= 15 is 0 Å². The number of hydrogen-bond donors (Lipinski definition) is 3. The molecular formula is C11H14N2O4. The van der Waals surface area contributed by atoms with Crippen LogP contribution in [0.25, 0.3) is 0 Å². The Hall–Kier alpha value is -2.08. The summed E-state index contributed by atoms with van der Waals surface area (Å²) in [6, 6.07) is 5.58. The van der Waals surface area contributed by atoms with Crippen LogP contribution in [0.1, 0.15) is 6.42 Å². The minimum atomic E-state index is -1.11. The van der Waals surface area contributed by atoms with Gasteiger partial charge in [0.2, 0.25) is 5.91 Å². The Morgan fingerprint density at radius 2 is 2.00 bits per heavy atom. The maximum Gasteiger partial charge on any atom is 0.305 e. The zero-order chi connectivity index (χ0) is 12.8. The van der Waals surface area contributed by atoms with Gasteiger partial charge in [0.1, 0.15) is 5.75 Å². The zero-order valence-corrected chi connectivity index (χ0v) is 9.34. The van der Waals surface area contributed by atoms with E-state index in [9.17, 15) is 9.59 Å². The summed E-state index contributed by atoms with van der Waals surface area (Å²) in [5.41, 5.74) is 5.94. The predicted molar refractivity (Wildman–Crippen MR) is 61.9 cm³/mol. The summed E-state index contributed by atoms with van der Waals surface area (Å²) in [5, 5.41) is 11.0. The third-order valence-electron chi connectivity index (χ3n) is 2.09. The van der Waals surface area contributed by atoms with Crippen LogP contribution in [0, 0.1) is 0 Å². The Balaban J connectivity index is 2.58. The SMILES string of the molecule is COc1ccc(NC(=O)C(N)CC(=O)O)cc1. The molecule has 1 unspecified atom stereocenters. The highest BCUT2D eigenvalue weighted by Crippen LogP contribution is 2.15. The van der Waals surface area contributed by atoms with Crippen molar-refractivity contribution in [2.75, 3.05) is 12.4 Å². The standard InChI is InChI=1S/C11H14N2O4/c1-17-8-4-2-7(3-5-8)13-11(16)9(12)6-10(14)15/h2-5,9H,6,12H2,1H3,(H,13,16)(H,14,15). The first kappa shape index (κ1) is 13.0. The van der Waals surface area contributed by atoms with Gasteiger partial charge in [-0.05, 0) is 24.3 Å². The van der Waals surface area contributed by atoms with E-state index in [0.29, 0.717) is 11.4 Å². The average Bonchev–Trinajstić information content (AvgIpc) is 2.29. The van der Waals surface area contributed by atoms with Crippen molar-refractivity contribution in [2.24, 2.45) is 5.73 Å². The fraction of sp³-hybridized carbons (Fsp3) is 0.273. The van der Waals surface area contributed by atoms with Crippen LogP contribution < -0.4 is 15.8 Å². The second kappa shape index (κ2) is 5.86. The summed E-state index contributed by atoms with van der Waals surface area (Å²) in [5.74, 6) is -0.974. The minimum absolute atomic E-state index is 0.401. The van der Waals surface area contributed by atoms with E-state index in [1.807, 2.05) is 0 Å². The molecule has 0 saturated carbocycles. The maximum atomic E-state index is 11.5. The first-order valence-corrected chi connectivity index (χ1v) is 4.95. The normalized spacial score (nSPS) is 11.6. The summed E-state index contributed by atoms with van der Waals surface area (Å²) >= 11 is 0. The Kier molecular flexibility index (Phi) is 4.47. The average molecular weight is 238 g/mol. The first-order valence-electron chi connectivity index (χ1n) is 4.95. The molecule has 0 radical (unpaired) electrons. The van der Waals surface area contributed by atoms with Crippen molar-refractivity contribution in [3.63, 3.8) is 0 Å². The van der Waals surface area contributed by atoms with E-state index in [1.54, 1.807) is 24.3 Å². The van der Waals surface area contributed by atoms with Crippen molar-refractivity contribution in [2.45, 2.75) is 12.5 Å². The van der Waals surface area contributed by atoms with Crippen LogP contribution in [-0.4, -0.2) is 30.1 Å². The molecule has 0 aliphatic carbocycles. The topological polar surface area (TPSA) is 102 Å². The summed E-state index contributed by atoms with van der Waals surface area (Å²) in [6.07, 6.45) is -0.401. The van der Waals surface area contributed by atoms with Crippen LogP contribution in [0.5, 0.6) is 5.75 Å². The zero-order valence-electron chi connectivity index (χ0n) is 9.34. The number of carboxylic acids is 1. The molecule has 0 bridgehead atoms. The van der Waals surface area contributed by atoms with Crippen molar-refractivity contribution < 1.29 is 19.4 Å². The van der Waals surface area contributed by atoms with Gasteiger partial charge in [0.05, 0.1) is 19.6 Å². The fourth-order valence-corrected chi connectivity index (χ4v) is 1.19. The number of benzene rings is 1. The predicted octanol–water partition coefficient (Wildman–Crippen LogP) is 0.436. The summed E-state index contributed by atoms with van der Waals surface area (Å²) in [4.78, 5) is 21.8. The van der Waals surface area contributed by atoms with Gasteiger partial charge in [-0.2, -0.15) is 0 Å². The third kappa shape index (κ3) is 4.12. The van der Waals surface area contributed by atoms with Crippen LogP contribution in [0.15, 0.2) is 24.3 Å². The van der Waals surface area contributed by atoms with Crippen LogP contribution in [0.2, 0.25) is 0 Å². The van der Waals surface area contributed by atoms with E-state index < -0.39 is 24.3 Å². The van der Waals surface area contributed by atoms with E-state index in [2.05, 4.69) is 5.32 Å². The van der Waals surface area contributed by atoms with Gasteiger partial charge in [0, 0.05) is 5.69 Å². The molecule has 0 aliphatic heterocycles. The molecule has 0 saturated heterocycles. The van der Waals surface area contributed by atoms with Gasteiger partial charge in [-0.25, -0.2) is 0 Å². The molecule has 92 valence electrons. The number of carbonyl (C=O) groups excluding carboxylic acids is 1. The van der Waals surface area contributed by atoms with Gasteiger partial charge in [0.15, 0.2) is 0 Å². The Morgan fingerprint density at radius 3 is 2.47 bits per heavy atom. The molecule has 17 heavy (non-hydrogen) atoms. The molecule has 0 fully saturated rings. The number of ether oxygens (including phenoxy) is 1. The molecule has 1 atom stereocenters. The minimum Gasteiger partial charge on any atom is -0.497 e. The van der Waals surface area contributed by atoms with Crippen LogP contribution in [-0.2, 0) is 9.59 Å². The summed E-state index contributed by atoms with van der Waals surface area (Å²) < 4.78 is 4.96. The first-order chi connectivity index (χ1) is 8.02. The second-order valence-electron chi connectivity index (χ2n) is 3.42. The van der Waals surface area contributed by atoms with Crippen molar-refractivity contribution in [3.05, 3.63) is 24.3 Å². The lowest BCUT2D eigenvalue weighted by Gasteiger charge is -2.10. The van der Waals surface area contributed by atoms with Crippen molar-refractivity contribution in [1.82, 2.24) is 0 Å². The molecule has 0 aromatic heterocycles. The molecule has 1 aromatic rings. The molecule has 0 spiro atoms. The highest BCUT2D eigenvalue weighted by atomic mass is 16.5. The maximum absolute atomic E-state index is 11.5. The summed E-state index contributed by atoms with van der Waals surface area (Å²) in [7, 11) is 1.54. The number of anilines is 1. The van der Waals surface area contributed by atoms with Crippen LogP contribution in [0.3, 0.4) is 0 Å². The van der Waals surface area contributed by atoms with Gasteiger partial charge in [-0.1, -0.05) is 0 Å². The van der Waals surface area contributed by atoms with Crippen molar-refractivity contribution in [1.29, 1.82) is 0 Å². The molecule has 0 heterocycles. The highest BCUT2D eigenvalue weighted by Gasteiger charge is 2.16. The number of hydrogen-bond acceptors (Lipinski definition) is 4. The van der Waals surface area contributed by atoms with Gasteiger partial charge in [-0.3, -0.25) is 9.59 Å². The molecular weight excluding hydrogens is 224 g/mol. The van der Waals surface area contributed by atoms with Gasteiger partial charge in [-0.15, -0.1) is 0 Å². The quantitative estimate of drug-likeness (QED) is 0.690. The van der Waals surface area contributed by atoms with Crippen LogP contribution >= 0.6 is 0 Å². The van der Waals surface area contributed by atoms with Gasteiger partial charge < -0.3 is 20.9 Å². The smallest absolute Gasteiger partial charge is 0.305 e. The number of methoxy groups -OCH3 is 1. The molecule has 6 heteroatoms. The monoisotopic (exact) mass is 238 g/mol. The number of carboxylic acid groups (broad SMARTS) is 1. The number of amides is 1. The Labute approximate surface area is 98.4 Å². The lowest BCUT2D eigenvalue weighted by Crippen LogP contribution is -2.37. The molecule has 4 N–H and O–H groups in total. The number of aliphatic carboxylic acids is 1. The van der Waals surface area contributed by atoms with Gasteiger partial charge in [0.25, 0.3) is 0 Å². The number of carbonyl (C=O) groups is 2. The Morgan fingerprint density at radius 1 is 1.41 bits per heavy atom. The van der Waals surface area contributed by atoms with Crippen molar-refractivity contribution in [3.8, 4) is 5.75 Å². The Bertz CT molecular complexity index is 402. The molecule has 0 aliphatic rings. The van der Waals surface area contributed by atoms with E-state index in [-0.39, 0.29) is 0 Å².